The minimum atomic E-state index is -0.0837. The SMILES string of the molecule is CCNC(=O)c1cccc(CNC(=O)C2CCCCN2)c1. The van der Waals surface area contributed by atoms with E-state index < -0.39 is 0 Å². The van der Waals surface area contributed by atoms with E-state index in [4.69, 9.17) is 0 Å². The van der Waals surface area contributed by atoms with Gasteiger partial charge in [0.15, 0.2) is 0 Å². The number of piperidine rings is 1. The van der Waals surface area contributed by atoms with Gasteiger partial charge in [0, 0.05) is 18.7 Å². The van der Waals surface area contributed by atoms with Gasteiger partial charge < -0.3 is 16.0 Å². The minimum Gasteiger partial charge on any atom is -0.352 e. The lowest BCUT2D eigenvalue weighted by Gasteiger charge is -2.22. The number of rotatable bonds is 5. The zero-order valence-electron chi connectivity index (χ0n) is 12.4. The summed E-state index contributed by atoms with van der Waals surface area (Å²) in [5.41, 5.74) is 1.56. The molecule has 5 heteroatoms. The molecule has 0 spiro atoms. The van der Waals surface area contributed by atoms with E-state index in [1.165, 1.54) is 0 Å². The van der Waals surface area contributed by atoms with Crippen LogP contribution < -0.4 is 16.0 Å². The summed E-state index contributed by atoms with van der Waals surface area (Å²) in [6, 6.07) is 7.27. The van der Waals surface area contributed by atoms with E-state index in [9.17, 15) is 9.59 Å². The monoisotopic (exact) mass is 289 g/mol. The molecular formula is C16H23N3O2. The molecule has 3 N–H and O–H groups in total. The van der Waals surface area contributed by atoms with Gasteiger partial charge in [-0.2, -0.15) is 0 Å². The quantitative estimate of drug-likeness (QED) is 0.762. The Morgan fingerprint density at radius 2 is 2.14 bits per heavy atom. The zero-order chi connectivity index (χ0) is 15.1. The molecule has 21 heavy (non-hydrogen) atoms. The summed E-state index contributed by atoms with van der Waals surface area (Å²) < 4.78 is 0. The third-order valence-electron chi connectivity index (χ3n) is 3.62. The Kier molecular flexibility index (Phi) is 5.75. The van der Waals surface area contributed by atoms with Gasteiger partial charge in [-0.3, -0.25) is 9.59 Å². The summed E-state index contributed by atoms with van der Waals surface area (Å²) in [5.74, 6) is -0.0438. The van der Waals surface area contributed by atoms with Crippen LogP contribution in [0.15, 0.2) is 24.3 Å². The average molecular weight is 289 g/mol. The normalized spacial score (nSPS) is 18.0. The summed E-state index contributed by atoms with van der Waals surface area (Å²) in [6.45, 7) is 3.85. The molecule has 1 fully saturated rings. The van der Waals surface area contributed by atoms with Crippen LogP contribution in [0.25, 0.3) is 0 Å². The molecule has 1 heterocycles. The topological polar surface area (TPSA) is 70.2 Å². The fraction of sp³-hybridized carbons (Fsp3) is 0.500. The van der Waals surface area contributed by atoms with Gasteiger partial charge in [0.05, 0.1) is 6.04 Å². The number of hydrogen-bond donors (Lipinski definition) is 3. The first-order chi connectivity index (χ1) is 10.2. The van der Waals surface area contributed by atoms with Gasteiger partial charge in [-0.1, -0.05) is 18.6 Å². The highest BCUT2D eigenvalue weighted by atomic mass is 16.2. The van der Waals surface area contributed by atoms with E-state index in [2.05, 4.69) is 16.0 Å². The lowest BCUT2D eigenvalue weighted by molar-refractivity contribution is -0.123. The van der Waals surface area contributed by atoms with Crippen molar-refractivity contribution in [1.29, 1.82) is 0 Å². The van der Waals surface area contributed by atoms with Crippen molar-refractivity contribution in [2.24, 2.45) is 0 Å². The van der Waals surface area contributed by atoms with E-state index in [0.29, 0.717) is 18.7 Å². The van der Waals surface area contributed by atoms with E-state index >= 15 is 0 Å². The third kappa shape index (κ3) is 4.56. The van der Waals surface area contributed by atoms with Crippen LogP contribution in [-0.4, -0.2) is 30.9 Å². The van der Waals surface area contributed by atoms with Crippen molar-refractivity contribution < 1.29 is 9.59 Å². The van der Waals surface area contributed by atoms with Gasteiger partial charge in [-0.15, -0.1) is 0 Å². The molecule has 0 aromatic heterocycles. The highest BCUT2D eigenvalue weighted by molar-refractivity contribution is 5.94. The molecule has 0 bridgehead atoms. The maximum atomic E-state index is 12.0. The third-order valence-corrected chi connectivity index (χ3v) is 3.62. The van der Waals surface area contributed by atoms with Crippen LogP contribution in [0, 0.1) is 0 Å². The van der Waals surface area contributed by atoms with E-state index in [1.807, 2.05) is 25.1 Å². The highest BCUT2D eigenvalue weighted by Gasteiger charge is 2.19. The van der Waals surface area contributed by atoms with Gasteiger partial charge in [-0.05, 0) is 44.0 Å². The number of amides is 2. The van der Waals surface area contributed by atoms with Crippen LogP contribution in [0.5, 0.6) is 0 Å². The Morgan fingerprint density at radius 3 is 2.86 bits per heavy atom. The first-order valence-electron chi connectivity index (χ1n) is 7.59. The number of carbonyl (C=O) groups is 2. The Morgan fingerprint density at radius 1 is 1.29 bits per heavy atom. The largest absolute Gasteiger partial charge is 0.352 e. The van der Waals surface area contributed by atoms with Crippen molar-refractivity contribution >= 4 is 11.8 Å². The van der Waals surface area contributed by atoms with Crippen LogP contribution >= 0.6 is 0 Å². The first kappa shape index (κ1) is 15.5. The molecule has 114 valence electrons. The number of carbonyl (C=O) groups excluding carboxylic acids is 2. The molecule has 1 unspecified atom stereocenters. The van der Waals surface area contributed by atoms with E-state index in [1.54, 1.807) is 6.07 Å². The Labute approximate surface area is 125 Å². The summed E-state index contributed by atoms with van der Waals surface area (Å²) in [4.78, 5) is 23.8. The molecule has 1 saturated heterocycles. The zero-order valence-corrected chi connectivity index (χ0v) is 12.4. The second-order valence-corrected chi connectivity index (χ2v) is 5.28. The fourth-order valence-electron chi connectivity index (χ4n) is 2.47. The van der Waals surface area contributed by atoms with Gasteiger partial charge >= 0.3 is 0 Å². The molecule has 5 nitrogen and oxygen atoms in total. The lowest BCUT2D eigenvalue weighted by atomic mass is 10.0. The molecule has 1 aromatic carbocycles. The van der Waals surface area contributed by atoms with Gasteiger partial charge in [0.2, 0.25) is 5.91 Å². The van der Waals surface area contributed by atoms with Gasteiger partial charge in [-0.25, -0.2) is 0 Å². The van der Waals surface area contributed by atoms with E-state index in [0.717, 1.165) is 31.4 Å². The molecule has 1 atom stereocenters. The van der Waals surface area contributed by atoms with Crippen LogP contribution in [0.1, 0.15) is 42.1 Å². The predicted octanol–water partition coefficient (Wildman–Crippen LogP) is 1.19. The molecule has 1 aliphatic rings. The molecule has 1 aromatic rings. The average Bonchev–Trinajstić information content (AvgIpc) is 2.54. The fourth-order valence-corrected chi connectivity index (χ4v) is 2.47. The molecule has 0 saturated carbocycles. The molecule has 2 amide bonds. The summed E-state index contributed by atoms with van der Waals surface area (Å²) in [5, 5.41) is 8.93. The molecule has 0 radical (unpaired) electrons. The number of nitrogens with one attached hydrogen (secondary N) is 3. The maximum Gasteiger partial charge on any atom is 0.251 e. The minimum absolute atomic E-state index is 0.0399. The van der Waals surface area contributed by atoms with Crippen LogP contribution in [0.2, 0.25) is 0 Å². The number of benzene rings is 1. The Balaban J connectivity index is 1.89. The molecule has 2 rings (SSSR count). The smallest absolute Gasteiger partial charge is 0.251 e. The van der Waals surface area contributed by atoms with Crippen molar-refractivity contribution in [2.45, 2.75) is 38.8 Å². The second kappa shape index (κ2) is 7.78. The summed E-state index contributed by atoms with van der Waals surface area (Å²) in [7, 11) is 0. The number of hydrogen-bond acceptors (Lipinski definition) is 3. The van der Waals surface area contributed by atoms with E-state index in [-0.39, 0.29) is 17.9 Å². The van der Waals surface area contributed by atoms with Crippen molar-refractivity contribution in [3.63, 3.8) is 0 Å². The van der Waals surface area contributed by atoms with Crippen molar-refractivity contribution in [2.75, 3.05) is 13.1 Å². The highest BCUT2D eigenvalue weighted by Crippen LogP contribution is 2.08. The summed E-state index contributed by atoms with van der Waals surface area (Å²) >= 11 is 0. The van der Waals surface area contributed by atoms with Crippen molar-refractivity contribution in [1.82, 2.24) is 16.0 Å². The molecule has 0 aliphatic carbocycles. The Hall–Kier alpha value is -1.88. The second-order valence-electron chi connectivity index (χ2n) is 5.28. The standard InChI is InChI=1S/C16H23N3O2/c1-2-17-15(20)13-7-5-6-12(10-13)11-19-16(21)14-8-3-4-9-18-14/h5-7,10,14,18H,2-4,8-9,11H2,1H3,(H,17,20)(H,19,21). The molecule has 1 aliphatic heterocycles. The Bertz CT molecular complexity index is 496. The van der Waals surface area contributed by atoms with Crippen LogP contribution in [0.3, 0.4) is 0 Å². The van der Waals surface area contributed by atoms with Gasteiger partial charge in [0.1, 0.15) is 0 Å². The molecular weight excluding hydrogens is 266 g/mol. The lowest BCUT2D eigenvalue weighted by Crippen LogP contribution is -2.46. The maximum absolute atomic E-state index is 12.0. The van der Waals surface area contributed by atoms with Crippen molar-refractivity contribution in [3.05, 3.63) is 35.4 Å². The predicted molar refractivity (Wildman–Crippen MR) is 81.9 cm³/mol. The van der Waals surface area contributed by atoms with Crippen molar-refractivity contribution in [3.8, 4) is 0 Å². The van der Waals surface area contributed by atoms with Crippen LogP contribution in [-0.2, 0) is 11.3 Å². The van der Waals surface area contributed by atoms with Gasteiger partial charge in [0.25, 0.3) is 5.91 Å². The first-order valence-corrected chi connectivity index (χ1v) is 7.59. The van der Waals surface area contributed by atoms with Crippen LogP contribution in [0.4, 0.5) is 0 Å². The summed E-state index contributed by atoms with van der Waals surface area (Å²) in [6.07, 6.45) is 3.13.